The van der Waals surface area contributed by atoms with Crippen molar-refractivity contribution in [2.75, 3.05) is 6.61 Å². The first-order valence-corrected chi connectivity index (χ1v) is 8.69. The van der Waals surface area contributed by atoms with Crippen molar-refractivity contribution in [3.8, 4) is 0 Å². The lowest BCUT2D eigenvalue weighted by Gasteiger charge is -2.23. The molecule has 1 rings (SSSR count). The Kier molecular flexibility index (Phi) is 9.85. The summed E-state index contributed by atoms with van der Waals surface area (Å²) in [6.07, 6.45) is 7.52. The first-order valence-electron chi connectivity index (χ1n) is 8.69. The van der Waals surface area contributed by atoms with Gasteiger partial charge in [-0.1, -0.05) is 56.2 Å². The van der Waals surface area contributed by atoms with Crippen LogP contribution in [0.2, 0.25) is 0 Å². The average Bonchev–Trinajstić information content (AvgIpc) is 2.52. The predicted molar refractivity (Wildman–Crippen MR) is 94.9 cm³/mol. The van der Waals surface area contributed by atoms with Crippen LogP contribution in [0.5, 0.6) is 0 Å². The second-order valence-electron chi connectivity index (χ2n) is 6.57. The fraction of sp³-hybridized carbons (Fsp3) is 0.600. The van der Waals surface area contributed by atoms with E-state index in [0.29, 0.717) is 25.6 Å². The van der Waals surface area contributed by atoms with Gasteiger partial charge < -0.3 is 5.11 Å². The number of benzene rings is 1. The van der Waals surface area contributed by atoms with E-state index >= 15 is 0 Å². The zero-order valence-corrected chi connectivity index (χ0v) is 14.7. The normalized spacial score (nSPS) is 15.1. The Bertz CT molecular complexity index is 414. The Balaban J connectivity index is 2.22. The van der Waals surface area contributed by atoms with Gasteiger partial charge in [0, 0.05) is 0 Å². The van der Waals surface area contributed by atoms with Gasteiger partial charge in [-0.15, -0.1) is 6.58 Å². The van der Waals surface area contributed by atoms with Gasteiger partial charge in [0.2, 0.25) is 0 Å². The van der Waals surface area contributed by atoms with Crippen molar-refractivity contribution in [3.63, 3.8) is 0 Å². The predicted octanol–water partition coefficient (Wildman–Crippen LogP) is 5.05. The Hall–Kier alpha value is -1.16. The highest BCUT2D eigenvalue weighted by atomic mass is 17.2. The quantitative estimate of drug-likeness (QED) is 0.239. The summed E-state index contributed by atoms with van der Waals surface area (Å²) in [6, 6.07) is 10.0. The van der Waals surface area contributed by atoms with E-state index in [9.17, 15) is 5.11 Å². The van der Waals surface area contributed by atoms with Gasteiger partial charge in [-0.2, -0.15) is 0 Å². The maximum absolute atomic E-state index is 10.2. The molecule has 0 spiro atoms. The zero-order chi connectivity index (χ0) is 17.0. The molecule has 2 atom stereocenters. The SMILES string of the molecule is C=CCC(C)(O)CCCC(CCC)COOCc1ccccc1. The molecule has 0 fully saturated rings. The summed E-state index contributed by atoms with van der Waals surface area (Å²) >= 11 is 0. The van der Waals surface area contributed by atoms with Crippen LogP contribution in [-0.2, 0) is 16.4 Å². The Morgan fingerprint density at radius 1 is 1.22 bits per heavy atom. The maximum atomic E-state index is 10.2. The summed E-state index contributed by atoms with van der Waals surface area (Å²) in [4.78, 5) is 10.7. The number of hydrogen-bond donors (Lipinski definition) is 1. The molecule has 1 aromatic rings. The Morgan fingerprint density at radius 3 is 2.61 bits per heavy atom. The monoisotopic (exact) mass is 320 g/mol. The molecule has 0 amide bonds. The third-order valence-corrected chi connectivity index (χ3v) is 4.06. The Morgan fingerprint density at radius 2 is 1.96 bits per heavy atom. The minimum atomic E-state index is -0.636. The first kappa shape index (κ1) is 19.9. The molecule has 0 radical (unpaired) electrons. The summed E-state index contributed by atoms with van der Waals surface area (Å²) in [7, 11) is 0. The molecule has 130 valence electrons. The van der Waals surface area contributed by atoms with Crippen LogP contribution in [0.3, 0.4) is 0 Å². The van der Waals surface area contributed by atoms with Crippen LogP contribution < -0.4 is 0 Å². The van der Waals surface area contributed by atoms with Gasteiger partial charge >= 0.3 is 0 Å². The third-order valence-electron chi connectivity index (χ3n) is 4.06. The van der Waals surface area contributed by atoms with Crippen LogP contribution >= 0.6 is 0 Å². The average molecular weight is 320 g/mol. The molecule has 0 saturated carbocycles. The molecule has 0 aliphatic rings. The maximum Gasteiger partial charge on any atom is 0.107 e. The summed E-state index contributed by atoms with van der Waals surface area (Å²) in [5, 5.41) is 10.2. The van der Waals surface area contributed by atoms with Crippen LogP contribution in [0.25, 0.3) is 0 Å². The second-order valence-corrected chi connectivity index (χ2v) is 6.57. The van der Waals surface area contributed by atoms with Crippen LogP contribution in [0, 0.1) is 5.92 Å². The van der Waals surface area contributed by atoms with Gasteiger partial charge in [0.05, 0.1) is 12.2 Å². The van der Waals surface area contributed by atoms with E-state index in [1.54, 1.807) is 6.08 Å². The van der Waals surface area contributed by atoms with Crippen LogP contribution in [-0.4, -0.2) is 17.3 Å². The van der Waals surface area contributed by atoms with E-state index in [-0.39, 0.29) is 0 Å². The molecule has 3 nitrogen and oxygen atoms in total. The fourth-order valence-electron chi connectivity index (χ4n) is 2.73. The first-order chi connectivity index (χ1) is 11.1. The highest BCUT2D eigenvalue weighted by molar-refractivity contribution is 5.13. The van der Waals surface area contributed by atoms with Crippen molar-refractivity contribution in [2.45, 2.75) is 64.6 Å². The minimum Gasteiger partial charge on any atom is -0.390 e. The largest absolute Gasteiger partial charge is 0.390 e. The fourth-order valence-corrected chi connectivity index (χ4v) is 2.73. The molecule has 0 aliphatic carbocycles. The molecular formula is C20H32O3. The van der Waals surface area contributed by atoms with Crippen LogP contribution in [0.1, 0.15) is 57.9 Å². The van der Waals surface area contributed by atoms with Crippen molar-refractivity contribution >= 4 is 0 Å². The molecule has 1 N–H and O–H groups in total. The molecule has 0 aliphatic heterocycles. The molecule has 0 aromatic heterocycles. The topological polar surface area (TPSA) is 38.7 Å². The minimum absolute atomic E-state index is 0.480. The van der Waals surface area contributed by atoms with E-state index < -0.39 is 5.60 Å². The van der Waals surface area contributed by atoms with Crippen molar-refractivity contribution in [1.29, 1.82) is 0 Å². The lowest BCUT2D eigenvalue weighted by molar-refractivity contribution is -0.311. The standard InChI is InChI=1S/C20H32O3/c1-4-10-18(13-9-15-20(3,21)14-5-2)16-22-23-17-19-11-7-6-8-12-19/h5-8,11-12,18,21H,2,4,9-10,13-17H2,1,3H3. The highest BCUT2D eigenvalue weighted by Gasteiger charge is 2.19. The van der Waals surface area contributed by atoms with Crippen molar-refractivity contribution in [3.05, 3.63) is 48.6 Å². The van der Waals surface area contributed by atoms with E-state index in [1.807, 2.05) is 37.3 Å². The molecule has 0 bridgehead atoms. The molecule has 3 heteroatoms. The summed E-state index contributed by atoms with van der Waals surface area (Å²) in [5.41, 5.74) is 0.475. The molecule has 2 unspecified atom stereocenters. The van der Waals surface area contributed by atoms with Crippen molar-refractivity contribution in [1.82, 2.24) is 0 Å². The van der Waals surface area contributed by atoms with Gasteiger partial charge in [0.15, 0.2) is 0 Å². The lowest BCUT2D eigenvalue weighted by atomic mass is 9.91. The highest BCUT2D eigenvalue weighted by Crippen LogP contribution is 2.22. The number of aliphatic hydroxyl groups is 1. The van der Waals surface area contributed by atoms with Gasteiger partial charge in [0.25, 0.3) is 0 Å². The molecular weight excluding hydrogens is 288 g/mol. The molecule has 0 heterocycles. The number of hydrogen-bond acceptors (Lipinski definition) is 3. The lowest BCUT2D eigenvalue weighted by Crippen LogP contribution is -2.23. The third kappa shape index (κ3) is 9.54. The molecule has 0 saturated heterocycles. The van der Waals surface area contributed by atoms with Gasteiger partial charge in [-0.25, -0.2) is 9.78 Å². The van der Waals surface area contributed by atoms with E-state index in [2.05, 4.69) is 13.5 Å². The summed E-state index contributed by atoms with van der Waals surface area (Å²) in [6.45, 7) is 8.86. The van der Waals surface area contributed by atoms with Gasteiger partial charge in [-0.3, -0.25) is 0 Å². The van der Waals surface area contributed by atoms with Crippen molar-refractivity contribution < 1.29 is 14.9 Å². The molecule has 1 aromatic carbocycles. The molecule has 23 heavy (non-hydrogen) atoms. The van der Waals surface area contributed by atoms with E-state index in [1.165, 1.54) is 0 Å². The van der Waals surface area contributed by atoms with Crippen molar-refractivity contribution in [2.24, 2.45) is 5.92 Å². The summed E-state index contributed by atoms with van der Waals surface area (Å²) in [5.74, 6) is 0.482. The van der Waals surface area contributed by atoms with E-state index in [4.69, 9.17) is 9.78 Å². The van der Waals surface area contributed by atoms with E-state index in [0.717, 1.165) is 37.7 Å². The summed E-state index contributed by atoms with van der Waals surface area (Å²) < 4.78 is 0. The van der Waals surface area contributed by atoms with Gasteiger partial charge in [-0.05, 0) is 44.1 Å². The van der Waals surface area contributed by atoms with Crippen LogP contribution in [0.15, 0.2) is 43.0 Å². The second kappa shape index (κ2) is 11.4. The number of rotatable bonds is 13. The van der Waals surface area contributed by atoms with Gasteiger partial charge in [0.1, 0.15) is 6.61 Å². The zero-order valence-electron chi connectivity index (χ0n) is 14.7. The smallest absolute Gasteiger partial charge is 0.107 e. The van der Waals surface area contributed by atoms with Crippen LogP contribution in [0.4, 0.5) is 0 Å². The Labute approximate surface area is 141 Å².